The Morgan fingerprint density at radius 2 is 2.06 bits per heavy atom. The number of alkyl halides is 3. The summed E-state index contributed by atoms with van der Waals surface area (Å²) in [5.41, 5.74) is -0.767. The highest BCUT2D eigenvalue weighted by atomic mass is 32.1. The third-order valence-corrected chi connectivity index (χ3v) is 2.78. The zero-order chi connectivity index (χ0) is 12.3. The van der Waals surface area contributed by atoms with Gasteiger partial charge < -0.3 is 5.32 Å². The van der Waals surface area contributed by atoms with Crippen molar-refractivity contribution >= 4 is 17.2 Å². The van der Waals surface area contributed by atoms with E-state index in [1.54, 1.807) is 11.6 Å². The topological polar surface area (TPSA) is 37.8 Å². The minimum Gasteiger partial charge on any atom is -0.363 e. The molecular formula is C10H8F3N3S. The lowest BCUT2D eigenvalue weighted by molar-refractivity contribution is -0.137. The van der Waals surface area contributed by atoms with Crippen LogP contribution in [0.4, 0.5) is 19.0 Å². The maximum Gasteiger partial charge on any atom is 0.419 e. The summed E-state index contributed by atoms with van der Waals surface area (Å²) in [4.78, 5) is 7.66. The molecule has 0 aromatic carbocycles. The van der Waals surface area contributed by atoms with Gasteiger partial charge in [-0.3, -0.25) is 0 Å². The monoisotopic (exact) mass is 259 g/mol. The summed E-state index contributed by atoms with van der Waals surface area (Å²) in [5, 5.41) is 5.11. The molecule has 0 amide bonds. The number of rotatable bonds is 3. The number of nitrogens with zero attached hydrogens (tertiary/aromatic N) is 2. The molecule has 0 aliphatic heterocycles. The Labute approximate surface area is 99.3 Å². The average Bonchev–Trinajstić information content (AvgIpc) is 2.78. The molecule has 0 aliphatic rings. The first-order valence-corrected chi connectivity index (χ1v) is 5.60. The van der Waals surface area contributed by atoms with E-state index in [9.17, 15) is 13.2 Å². The summed E-state index contributed by atoms with van der Waals surface area (Å²) in [6, 6.07) is 2.26. The molecule has 0 aliphatic carbocycles. The van der Waals surface area contributed by atoms with Gasteiger partial charge in [0.25, 0.3) is 0 Å². The molecule has 7 heteroatoms. The Kier molecular flexibility index (Phi) is 3.28. The van der Waals surface area contributed by atoms with Crippen LogP contribution in [0.2, 0.25) is 0 Å². The molecule has 0 bridgehead atoms. The van der Waals surface area contributed by atoms with Gasteiger partial charge in [0.1, 0.15) is 10.8 Å². The van der Waals surface area contributed by atoms with E-state index in [1.165, 1.54) is 23.6 Å². The highest BCUT2D eigenvalue weighted by molar-refractivity contribution is 7.09. The van der Waals surface area contributed by atoms with E-state index in [-0.39, 0.29) is 12.4 Å². The fraction of sp³-hybridized carbons (Fsp3) is 0.200. The van der Waals surface area contributed by atoms with Crippen LogP contribution in [0.15, 0.2) is 29.9 Å². The zero-order valence-electron chi connectivity index (χ0n) is 8.53. The molecule has 0 saturated carbocycles. The van der Waals surface area contributed by atoms with Crippen molar-refractivity contribution in [3.63, 3.8) is 0 Å². The van der Waals surface area contributed by atoms with E-state index in [0.29, 0.717) is 5.01 Å². The van der Waals surface area contributed by atoms with E-state index in [2.05, 4.69) is 15.3 Å². The van der Waals surface area contributed by atoms with Crippen LogP contribution < -0.4 is 5.32 Å². The SMILES string of the molecule is FC(F)(F)c1cccnc1NCc1nccs1. The number of anilines is 1. The predicted octanol–water partition coefficient (Wildman–Crippen LogP) is 3.17. The molecule has 0 unspecified atom stereocenters. The number of hydrogen-bond acceptors (Lipinski definition) is 4. The van der Waals surface area contributed by atoms with Gasteiger partial charge in [0.15, 0.2) is 0 Å². The van der Waals surface area contributed by atoms with Crippen LogP contribution in [0.3, 0.4) is 0 Å². The van der Waals surface area contributed by atoms with Gasteiger partial charge in [-0.15, -0.1) is 11.3 Å². The van der Waals surface area contributed by atoms with Gasteiger partial charge in [0.2, 0.25) is 0 Å². The summed E-state index contributed by atoms with van der Waals surface area (Å²) in [6.45, 7) is 0.234. The van der Waals surface area contributed by atoms with Crippen LogP contribution in [0, 0.1) is 0 Å². The number of thiazole rings is 1. The number of pyridine rings is 1. The molecule has 0 fully saturated rings. The third-order valence-electron chi connectivity index (χ3n) is 2.00. The van der Waals surface area contributed by atoms with Gasteiger partial charge in [-0.25, -0.2) is 9.97 Å². The molecule has 2 aromatic heterocycles. The minimum atomic E-state index is -4.40. The fourth-order valence-corrected chi connectivity index (χ4v) is 1.83. The Hall–Kier alpha value is -1.63. The first-order chi connectivity index (χ1) is 8.07. The van der Waals surface area contributed by atoms with E-state index in [4.69, 9.17) is 0 Å². The Morgan fingerprint density at radius 3 is 2.71 bits per heavy atom. The van der Waals surface area contributed by atoms with Crippen molar-refractivity contribution in [1.82, 2.24) is 9.97 Å². The van der Waals surface area contributed by atoms with Crippen molar-refractivity contribution in [1.29, 1.82) is 0 Å². The molecule has 0 spiro atoms. The summed E-state index contributed by atoms with van der Waals surface area (Å²) >= 11 is 1.37. The summed E-state index contributed by atoms with van der Waals surface area (Å²) in [7, 11) is 0. The number of hydrogen-bond donors (Lipinski definition) is 1. The van der Waals surface area contributed by atoms with Crippen molar-refractivity contribution < 1.29 is 13.2 Å². The average molecular weight is 259 g/mol. The van der Waals surface area contributed by atoms with E-state index in [1.807, 2.05) is 0 Å². The molecule has 2 aromatic rings. The van der Waals surface area contributed by atoms with Gasteiger partial charge in [-0.1, -0.05) is 0 Å². The van der Waals surface area contributed by atoms with Crippen LogP contribution >= 0.6 is 11.3 Å². The molecular weight excluding hydrogens is 251 g/mol. The van der Waals surface area contributed by atoms with Crippen LogP contribution in [0.5, 0.6) is 0 Å². The predicted molar refractivity (Wildman–Crippen MR) is 58.7 cm³/mol. The Morgan fingerprint density at radius 1 is 1.24 bits per heavy atom. The first kappa shape index (κ1) is 11.8. The highest BCUT2D eigenvalue weighted by Gasteiger charge is 2.33. The van der Waals surface area contributed by atoms with E-state index in [0.717, 1.165) is 6.07 Å². The lowest BCUT2D eigenvalue weighted by atomic mass is 10.2. The number of nitrogens with one attached hydrogen (secondary N) is 1. The molecule has 2 rings (SSSR count). The first-order valence-electron chi connectivity index (χ1n) is 4.72. The van der Waals surface area contributed by atoms with Crippen molar-refractivity contribution in [2.45, 2.75) is 12.7 Å². The van der Waals surface area contributed by atoms with Gasteiger partial charge in [-0.05, 0) is 12.1 Å². The molecule has 0 atom stereocenters. The van der Waals surface area contributed by atoms with Crippen molar-refractivity contribution in [2.24, 2.45) is 0 Å². The Bertz CT molecular complexity index is 482. The lowest BCUT2D eigenvalue weighted by Gasteiger charge is -2.12. The van der Waals surface area contributed by atoms with E-state index < -0.39 is 11.7 Å². The second kappa shape index (κ2) is 4.70. The number of aromatic nitrogens is 2. The Balaban J connectivity index is 2.16. The fourth-order valence-electron chi connectivity index (χ4n) is 1.27. The zero-order valence-corrected chi connectivity index (χ0v) is 9.35. The number of halogens is 3. The molecule has 1 N–H and O–H groups in total. The summed E-state index contributed by atoms with van der Waals surface area (Å²) < 4.78 is 37.9. The van der Waals surface area contributed by atoms with E-state index >= 15 is 0 Å². The standard InChI is InChI=1S/C10H8F3N3S/c11-10(12,13)7-2-1-3-15-9(7)16-6-8-14-4-5-17-8/h1-5H,6H2,(H,15,16). The quantitative estimate of drug-likeness (QED) is 0.920. The third kappa shape index (κ3) is 2.94. The second-order valence-corrected chi connectivity index (χ2v) is 4.16. The van der Waals surface area contributed by atoms with Crippen LogP contribution in [0.25, 0.3) is 0 Å². The maximum atomic E-state index is 12.6. The molecule has 17 heavy (non-hydrogen) atoms. The van der Waals surface area contributed by atoms with Crippen molar-refractivity contribution in [3.05, 3.63) is 40.5 Å². The minimum absolute atomic E-state index is 0.171. The van der Waals surface area contributed by atoms with Gasteiger partial charge >= 0.3 is 6.18 Å². The normalized spacial score (nSPS) is 11.5. The molecule has 90 valence electrons. The van der Waals surface area contributed by atoms with Gasteiger partial charge in [0, 0.05) is 17.8 Å². The largest absolute Gasteiger partial charge is 0.419 e. The van der Waals surface area contributed by atoms with Gasteiger partial charge in [0.05, 0.1) is 12.1 Å². The van der Waals surface area contributed by atoms with Crippen LogP contribution in [0.1, 0.15) is 10.6 Å². The van der Waals surface area contributed by atoms with Crippen LogP contribution in [-0.2, 0) is 12.7 Å². The smallest absolute Gasteiger partial charge is 0.363 e. The summed E-state index contributed by atoms with van der Waals surface area (Å²) in [6.07, 6.45) is -1.48. The summed E-state index contributed by atoms with van der Waals surface area (Å²) in [5.74, 6) is -0.171. The van der Waals surface area contributed by atoms with Crippen molar-refractivity contribution in [2.75, 3.05) is 5.32 Å². The van der Waals surface area contributed by atoms with Gasteiger partial charge in [-0.2, -0.15) is 13.2 Å². The highest BCUT2D eigenvalue weighted by Crippen LogP contribution is 2.33. The van der Waals surface area contributed by atoms with Crippen molar-refractivity contribution in [3.8, 4) is 0 Å². The maximum absolute atomic E-state index is 12.6. The second-order valence-electron chi connectivity index (χ2n) is 3.18. The lowest BCUT2D eigenvalue weighted by Crippen LogP contribution is -2.12. The molecule has 3 nitrogen and oxygen atoms in total. The molecule has 2 heterocycles. The molecule has 0 saturated heterocycles. The molecule has 0 radical (unpaired) electrons. The van der Waals surface area contributed by atoms with Crippen LogP contribution in [-0.4, -0.2) is 9.97 Å².